The van der Waals surface area contributed by atoms with E-state index in [4.69, 9.17) is 4.52 Å². The lowest BCUT2D eigenvalue weighted by Gasteiger charge is -2.19. The molecule has 1 saturated heterocycles. The molecule has 0 aromatic carbocycles. The number of nitrogens with one attached hydrogen (secondary N) is 2. The van der Waals surface area contributed by atoms with E-state index in [0.29, 0.717) is 11.7 Å². The van der Waals surface area contributed by atoms with Gasteiger partial charge in [0.1, 0.15) is 0 Å². The van der Waals surface area contributed by atoms with Gasteiger partial charge in [0, 0.05) is 36.5 Å². The number of rotatable bonds is 2. The standard InChI is InChI=1S/C19H25N5O2.ClH/c25-18-15-10-14(11-16(15)21-8-3-1-2-4-9-22-18)19-23-17(24-26-19)13-6-5-7-20-12-13;/h5-7,12,14-16,21H,1-4,8-11H2,(H,22,25);1H. The molecular weight excluding hydrogens is 366 g/mol. The normalized spacial score (nSPS) is 26.4. The summed E-state index contributed by atoms with van der Waals surface area (Å²) < 4.78 is 5.53. The van der Waals surface area contributed by atoms with Crippen LogP contribution in [0.5, 0.6) is 0 Å². The summed E-state index contributed by atoms with van der Waals surface area (Å²) in [5.74, 6) is 1.41. The molecule has 146 valence electrons. The van der Waals surface area contributed by atoms with E-state index in [-0.39, 0.29) is 36.2 Å². The van der Waals surface area contributed by atoms with Crippen LogP contribution in [0.15, 0.2) is 29.0 Å². The van der Waals surface area contributed by atoms with Gasteiger partial charge in [-0.25, -0.2) is 0 Å². The number of carbonyl (C=O) groups excluding carboxylic acids is 1. The summed E-state index contributed by atoms with van der Waals surface area (Å²) in [7, 11) is 0. The van der Waals surface area contributed by atoms with Crippen LogP contribution in [0.25, 0.3) is 11.4 Å². The van der Waals surface area contributed by atoms with Gasteiger partial charge in [-0.2, -0.15) is 4.98 Å². The molecule has 1 aliphatic carbocycles. The van der Waals surface area contributed by atoms with E-state index < -0.39 is 0 Å². The van der Waals surface area contributed by atoms with Crippen LogP contribution in [0.4, 0.5) is 0 Å². The molecule has 1 amide bonds. The largest absolute Gasteiger partial charge is 0.356 e. The van der Waals surface area contributed by atoms with Crippen LogP contribution in [0.2, 0.25) is 0 Å². The number of fused-ring (bicyclic) bond motifs is 1. The van der Waals surface area contributed by atoms with Crippen molar-refractivity contribution in [3.8, 4) is 11.4 Å². The number of carbonyl (C=O) groups is 1. The minimum absolute atomic E-state index is 0. The quantitative estimate of drug-likeness (QED) is 0.817. The number of hydrogen-bond acceptors (Lipinski definition) is 6. The summed E-state index contributed by atoms with van der Waals surface area (Å²) >= 11 is 0. The highest BCUT2D eigenvalue weighted by atomic mass is 35.5. The van der Waals surface area contributed by atoms with Gasteiger partial charge in [-0.1, -0.05) is 18.0 Å². The van der Waals surface area contributed by atoms with Crippen LogP contribution in [-0.4, -0.2) is 40.2 Å². The third-order valence-corrected chi connectivity index (χ3v) is 5.42. The topological polar surface area (TPSA) is 92.9 Å². The fourth-order valence-electron chi connectivity index (χ4n) is 4.00. The number of pyridine rings is 1. The van der Waals surface area contributed by atoms with E-state index in [1.165, 1.54) is 12.8 Å². The van der Waals surface area contributed by atoms with Crippen molar-refractivity contribution in [2.45, 2.75) is 50.5 Å². The molecule has 0 bridgehead atoms. The van der Waals surface area contributed by atoms with Crippen LogP contribution >= 0.6 is 12.4 Å². The Hall–Kier alpha value is -1.99. The van der Waals surface area contributed by atoms with Crippen LogP contribution < -0.4 is 10.6 Å². The zero-order valence-corrected chi connectivity index (χ0v) is 16.1. The van der Waals surface area contributed by atoms with Gasteiger partial charge in [0.05, 0.1) is 5.92 Å². The van der Waals surface area contributed by atoms with Gasteiger partial charge in [0.2, 0.25) is 17.6 Å². The fourth-order valence-corrected chi connectivity index (χ4v) is 4.00. The number of amides is 1. The van der Waals surface area contributed by atoms with Gasteiger partial charge < -0.3 is 15.2 Å². The van der Waals surface area contributed by atoms with Crippen LogP contribution in [0.3, 0.4) is 0 Å². The van der Waals surface area contributed by atoms with E-state index in [1.807, 2.05) is 12.1 Å². The molecule has 2 N–H and O–H groups in total. The third kappa shape index (κ3) is 4.65. The Morgan fingerprint density at radius 1 is 1.11 bits per heavy atom. The van der Waals surface area contributed by atoms with Crippen molar-refractivity contribution in [2.24, 2.45) is 5.92 Å². The van der Waals surface area contributed by atoms with Crippen molar-refractivity contribution in [2.75, 3.05) is 13.1 Å². The number of aromatic nitrogens is 3. The number of hydrogen-bond donors (Lipinski definition) is 2. The molecule has 0 radical (unpaired) electrons. The molecule has 3 unspecified atom stereocenters. The smallest absolute Gasteiger partial charge is 0.230 e. The minimum Gasteiger partial charge on any atom is -0.356 e. The lowest BCUT2D eigenvalue weighted by atomic mass is 10.0. The van der Waals surface area contributed by atoms with E-state index in [1.54, 1.807) is 12.4 Å². The Morgan fingerprint density at radius 3 is 2.78 bits per heavy atom. The molecule has 2 fully saturated rings. The van der Waals surface area contributed by atoms with Crippen molar-refractivity contribution >= 4 is 18.3 Å². The summed E-state index contributed by atoms with van der Waals surface area (Å²) in [6.45, 7) is 1.74. The minimum atomic E-state index is -0.0353. The number of halogens is 1. The summed E-state index contributed by atoms with van der Waals surface area (Å²) in [6, 6.07) is 3.94. The van der Waals surface area contributed by atoms with Crippen LogP contribution in [-0.2, 0) is 4.79 Å². The second-order valence-electron chi connectivity index (χ2n) is 7.24. The molecule has 3 atom stereocenters. The van der Waals surface area contributed by atoms with Gasteiger partial charge in [0.15, 0.2) is 0 Å². The van der Waals surface area contributed by atoms with Crippen molar-refractivity contribution in [3.63, 3.8) is 0 Å². The summed E-state index contributed by atoms with van der Waals surface area (Å²) in [4.78, 5) is 21.3. The Labute approximate surface area is 165 Å². The molecule has 4 rings (SSSR count). The van der Waals surface area contributed by atoms with E-state index in [2.05, 4.69) is 25.8 Å². The maximum Gasteiger partial charge on any atom is 0.230 e. The third-order valence-electron chi connectivity index (χ3n) is 5.42. The van der Waals surface area contributed by atoms with Gasteiger partial charge in [-0.15, -0.1) is 12.4 Å². The van der Waals surface area contributed by atoms with E-state index >= 15 is 0 Å². The Kier molecular flexibility index (Phi) is 6.79. The second kappa shape index (κ2) is 9.28. The molecule has 8 heteroatoms. The molecule has 2 aromatic rings. The highest BCUT2D eigenvalue weighted by Gasteiger charge is 2.41. The first-order valence-electron chi connectivity index (χ1n) is 9.56. The SMILES string of the molecule is Cl.O=C1NCCCCCCNC2CC(c3nc(-c4cccnc4)no3)CC12. The van der Waals surface area contributed by atoms with Gasteiger partial charge in [0.25, 0.3) is 0 Å². The van der Waals surface area contributed by atoms with Gasteiger partial charge in [-0.3, -0.25) is 9.78 Å². The van der Waals surface area contributed by atoms with Crippen LogP contribution in [0.1, 0.15) is 50.3 Å². The summed E-state index contributed by atoms with van der Waals surface area (Å²) in [5.41, 5.74) is 0.839. The predicted octanol–water partition coefficient (Wildman–Crippen LogP) is 2.70. The summed E-state index contributed by atoms with van der Waals surface area (Å²) in [5, 5.41) is 10.8. The first kappa shape index (κ1) is 19.8. The lowest BCUT2D eigenvalue weighted by Crippen LogP contribution is -2.41. The average molecular weight is 392 g/mol. The van der Waals surface area contributed by atoms with Crippen LogP contribution in [0, 0.1) is 5.92 Å². The molecular formula is C19H26ClN5O2. The molecule has 7 nitrogen and oxygen atoms in total. The van der Waals surface area contributed by atoms with E-state index in [0.717, 1.165) is 44.3 Å². The monoisotopic (exact) mass is 391 g/mol. The Balaban J connectivity index is 0.00000210. The zero-order valence-electron chi connectivity index (χ0n) is 15.3. The highest BCUT2D eigenvalue weighted by molar-refractivity contribution is 5.85. The van der Waals surface area contributed by atoms with E-state index in [9.17, 15) is 4.79 Å². The predicted molar refractivity (Wildman–Crippen MR) is 104 cm³/mol. The first-order valence-corrected chi connectivity index (χ1v) is 9.56. The molecule has 2 aromatic heterocycles. The van der Waals surface area contributed by atoms with Crippen molar-refractivity contribution in [3.05, 3.63) is 30.4 Å². The zero-order chi connectivity index (χ0) is 17.8. The van der Waals surface area contributed by atoms with Gasteiger partial charge in [-0.05, 0) is 44.4 Å². The lowest BCUT2D eigenvalue weighted by molar-refractivity contribution is -0.125. The molecule has 2 aliphatic rings. The Morgan fingerprint density at radius 2 is 1.96 bits per heavy atom. The Bertz CT molecular complexity index is 739. The molecule has 27 heavy (non-hydrogen) atoms. The highest BCUT2D eigenvalue weighted by Crippen LogP contribution is 2.38. The molecule has 1 aliphatic heterocycles. The van der Waals surface area contributed by atoms with Crippen molar-refractivity contribution < 1.29 is 9.32 Å². The number of nitrogens with zero attached hydrogens (tertiary/aromatic N) is 3. The maximum absolute atomic E-state index is 12.6. The first-order chi connectivity index (χ1) is 12.8. The molecule has 3 heterocycles. The second-order valence-corrected chi connectivity index (χ2v) is 7.24. The van der Waals surface area contributed by atoms with Crippen molar-refractivity contribution in [1.29, 1.82) is 0 Å². The summed E-state index contributed by atoms with van der Waals surface area (Å²) in [6.07, 6.45) is 9.66. The molecule has 0 spiro atoms. The fraction of sp³-hybridized carbons (Fsp3) is 0.579. The molecule has 1 saturated carbocycles. The average Bonchev–Trinajstić information content (AvgIpc) is 3.31. The maximum atomic E-state index is 12.6. The van der Waals surface area contributed by atoms with Crippen molar-refractivity contribution in [1.82, 2.24) is 25.8 Å². The van der Waals surface area contributed by atoms with Gasteiger partial charge >= 0.3 is 0 Å².